The molecule has 0 amide bonds. The fourth-order valence-electron chi connectivity index (χ4n) is 8.51. The van der Waals surface area contributed by atoms with Crippen LogP contribution in [0, 0.1) is 5.92 Å². The number of nitrogens with one attached hydrogen (secondary N) is 1. The van der Waals surface area contributed by atoms with Crippen molar-refractivity contribution in [3.63, 3.8) is 0 Å². The van der Waals surface area contributed by atoms with Crippen LogP contribution in [-0.2, 0) is 0 Å². The largest absolute Gasteiger partial charge is 0.455 e. The monoisotopic (exact) mass is 778 g/mol. The summed E-state index contributed by atoms with van der Waals surface area (Å²) in [6.45, 7) is 2.28. The maximum atomic E-state index is 6.92. The Bertz CT molecular complexity index is 3000. The van der Waals surface area contributed by atoms with Gasteiger partial charge in [-0.1, -0.05) is 189 Å². The highest BCUT2D eigenvalue weighted by molar-refractivity contribution is 7.80. The Morgan fingerprint density at radius 1 is 0.525 bits per heavy atom. The molecule has 0 saturated heterocycles. The minimum Gasteiger partial charge on any atom is -0.455 e. The number of hydrogen-bond acceptors (Lipinski definition) is 4. The van der Waals surface area contributed by atoms with E-state index in [2.05, 4.69) is 206 Å². The van der Waals surface area contributed by atoms with Crippen LogP contribution in [0.2, 0.25) is 0 Å². The molecule has 0 bridgehead atoms. The van der Waals surface area contributed by atoms with E-state index in [4.69, 9.17) is 22.0 Å². The summed E-state index contributed by atoms with van der Waals surface area (Å²) in [6.07, 6.45) is 2.86. The van der Waals surface area contributed by atoms with E-state index < -0.39 is 0 Å². The van der Waals surface area contributed by atoms with E-state index in [1.54, 1.807) is 0 Å². The second kappa shape index (κ2) is 15.8. The van der Waals surface area contributed by atoms with Crippen molar-refractivity contribution >= 4 is 46.0 Å². The van der Waals surface area contributed by atoms with Crippen molar-refractivity contribution in [3.8, 4) is 44.5 Å². The van der Waals surface area contributed by atoms with Crippen molar-refractivity contribution < 1.29 is 4.42 Å². The van der Waals surface area contributed by atoms with Crippen LogP contribution in [0.4, 0.5) is 0 Å². The summed E-state index contributed by atoms with van der Waals surface area (Å²) in [7, 11) is 0. The number of furan rings is 1. The van der Waals surface area contributed by atoms with Crippen molar-refractivity contribution in [1.82, 2.24) is 5.32 Å². The molecule has 1 N–H and O–H groups in total. The first-order valence-corrected chi connectivity index (χ1v) is 20.7. The lowest BCUT2D eigenvalue weighted by Gasteiger charge is -2.26. The van der Waals surface area contributed by atoms with Crippen molar-refractivity contribution in [2.75, 3.05) is 0 Å². The number of thiol groups is 1. The maximum Gasteiger partial charge on any atom is 0.145 e. The van der Waals surface area contributed by atoms with Crippen LogP contribution in [0.15, 0.2) is 215 Å². The Balaban J connectivity index is 1.10. The molecule has 9 aromatic rings. The summed E-state index contributed by atoms with van der Waals surface area (Å²) >= 11 is 4.94. The molecule has 0 fully saturated rings. The first kappa shape index (κ1) is 36.5. The molecule has 2 atom stereocenters. The van der Waals surface area contributed by atoms with Crippen molar-refractivity contribution in [3.05, 3.63) is 217 Å². The SMILES string of the molecule is CC1C/C=C(\c2cccc3oc4c(-c5ccc(-c6ccccc6)cc5-c5ccccc5S)cccc4c23)NC(c2ccc(-c3ccccc3)cc2)/N=C\1c1ccccc1. The van der Waals surface area contributed by atoms with Crippen molar-refractivity contribution in [2.24, 2.45) is 10.9 Å². The Kier molecular flexibility index (Phi) is 9.77. The molecule has 8 aromatic carbocycles. The van der Waals surface area contributed by atoms with Gasteiger partial charge in [-0.3, -0.25) is 4.99 Å². The molecule has 10 rings (SSSR count). The number of nitrogens with zero attached hydrogens (tertiary/aromatic N) is 1. The van der Waals surface area contributed by atoms with Crippen LogP contribution >= 0.6 is 12.6 Å². The van der Waals surface area contributed by atoms with E-state index in [0.29, 0.717) is 0 Å². The van der Waals surface area contributed by atoms with Crippen LogP contribution in [0.1, 0.15) is 36.2 Å². The molecular weight excluding hydrogens is 737 g/mol. The summed E-state index contributed by atoms with van der Waals surface area (Å²) in [5.74, 6) is 0.194. The van der Waals surface area contributed by atoms with Gasteiger partial charge in [0.25, 0.3) is 0 Å². The molecule has 3 nitrogen and oxygen atoms in total. The summed E-state index contributed by atoms with van der Waals surface area (Å²) in [5.41, 5.74) is 16.2. The van der Waals surface area contributed by atoms with Gasteiger partial charge < -0.3 is 9.73 Å². The fraction of sp³-hybridized carbons (Fsp3) is 0.0727. The zero-order valence-corrected chi connectivity index (χ0v) is 33.6. The van der Waals surface area contributed by atoms with E-state index in [1.165, 1.54) is 16.7 Å². The average Bonchev–Trinajstić information content (AvgIpc) is 3.69. The number of fused-ring (bicyclic) bond motifs is 3. The highest BCUT2D eigenvalue weighted by Crippen LogP contribution is 2.44. The lowest BCUT2D eigenvalue weighted by Crippen LogP contribution is -2.25. The molecule has 1 aliphatic rings. The standard InChI is InChI=1S/C55H42N2OS/c1-36-27-34-49(56-55(57-53(36)40-19-9-4-10-20-40)41-30-28-39(29-31-41)37-15-5-2-6-16-37)46-23-14-25-50-52(46)47-24-13-22-45(54(47)58-50)43-33-32-42(38-17-7-3-8-18-38)35-48(43)44-21-11-12-26-51(44)59/h2-26,28-36,55-56,59H,27H2,1H3/b49-34+,57-53+. The number of hydrogen-bond donors (Lipinski definition) is 2. The molecule has 0 saturated carbocycles. The van der Waals surface area contributed by atoms with Gasteiger partial charge in [0.05, 0.1) is 0 Å². The van der Waals surface area contributed by atoms with E-state index in [0.717, 1.165) is 89.2 Å². The summed E-state index contributed by atoms with van der Waals surface area (Å²) in [5, 5.41) is 6.10. The van der Waals surface area contributed by atoms with Gasteiger partial charge in [0.1, 0.15) is 17.3 Å². The van der Waals surface area contributed by atoms with Crippen LogP contribution in [0.25, 0.3) is 72.1 Å². The minimum absolute atomic E-state index is 0.194. The Morgan fingerprint density at radius 2 is 1.12 bits per heavy atom. The van der Waals surface area contributed by atoms with Gasteiger partial charge in [-0.25, -0.2) is 0 Å². The molecular formula is C55H42N2OS. The summed E-state index contributed by atoms with van der Waals surface area (Å²) in [4.78, 5) is 6.46. The average molecular weight is 779 g/mol. The molecule has 2 heterocycles. The number of aliphatic imine (C=N–C) groups is 1. The Labute approximate surface area is 350 Å². The lowest BCUT2D eigenvalue weighted by atomic mass is 9.90. The number of benzene rings is 8. The normalized spacial score (nSPS) is 17.3. The molecule has 1 aromatic heterocycles. The number of para-hydroxylation sites is 1. The van der Waals surface area contributed by atoms with Gasteiger partial charge in [0.15, 0.2) is 0 Å². The molecule has 59 heavy (non-hydrogen) atoms. The summed E-state index contributed by atoms with van der Waals surface area (Å²) < 4.78 is 6.92. The van der Waals surface area contributed by atoms with Crippen LogP contribution < -0.4 is 5.32 Å². The quantitative estimate of drug-likeness (QED) is 0.158. The van der Waals surface area contributed by atoms with Gasteiger partial charge in [-0.05, 0) is 74.7 Å². The molecule has 0 spiro atoms. The van der Waals surface area contributed by atoms with E-state index in [-0.39, 0.29) is 12.1 Å². The second-order valence-electron chi connectivity index (χ2n) is 15.3. The Hall–Kier alpha value is -6.88. The molecule has 0 radical (unpaired) electrons. The smallest absolute Gasteiger partial charge is 0.145 e. The molecule has 0 aliphatic carbocycles. The number of allylic oxidation sites excluding steroid dienone is 1. The van der Waals surface area contributed by atoms with Crippen molar-refractivity contribution in [2.45, 2.75) is 24.4 Å². The van der Waals surface area contributed by atoms with Crippen LogP contribution in [-0.4, -0.2) is 5.71 Å². The summed E-state index contributed by atoms with van der Waals surface area (Å²) in [6, 6.07) is 68.4. The zero-order chi connectivity index (χ0) is 39.7. The van der Waals surface area contributed by atoms with Crippen molar-refractivity contribution in [1.29, 1.82) is 0 Å². The first-order chi connectivity index (χ1) is 29.1. The van der Waals surface area contributed by atoms with Gasteiger partial charge >= 0.3 is 0 Å². The van der Waals surface area contributed by atoms with Crippen LogP contribution in [0.3, 0.4) is 0 Å². The third-order valence-electron chi connectivity index (χ3n) is 11.5. The molecule has 1 aliphatic heterocycles. The van der Waals surface area contributed by atoms with Gasteiger partial charge in [0, 0.05) is 44.1 Å². The predicted molar refractivity (Wildman–Crippen MR) is 250 cm³/mol. The van der Waals surface area contributed by atoms with Gasteiger partial charge in [-0.2, -0.15) is 0 Å². The zero-order valence-electron chi connectivity index (χ0n) is 32.7. The second-order valence-corrected chi connectivity index (χ2v) is 15.8. The molecule has 4 heteroatoms. The van der Waals surface area contributed by atoms with E-state index >= 15 is 0 Å². The molecule has 2 unspecified atom stereocenters. The van der Waals surface area contributed by atoms with E-state index in [9.17, 15) is 0 Å². The fourth-order valence-corrected chi connectivity index (χ4v) is 8.79. The topological polar surface area (TPSA) is 37.5 Å². The highest BCUT2D eigenvalue weighted by atomic mass is 32.1. The first-order valence-electron chi connectivity index (χ1n) is 20.3. The lowest BCUT2D eigenvalue weighted by molar-refractivity contribution is 0.642. The maximum absolute atomic E-state index is 6.92. The highest BCUT2D eigenvalue weighted by Gasteiger charge is 2.24. The number of rotatable bonds is 7. The van der Waals surface area contributed by atoms with Gasteiger partial charge in [-0.15, -0.1) is 12.6 Å². The third-order valence-corrected chi connectivity index (χ3v) is 11.9. The molecule has 284 valence electrons. The predicted octanol–water partition coefficient (Wildman–Crippen LogP) is 14.7. The van der Waals surface area contributed by atoms with Crippen LogP contribution in [0.5, 0.6) is 0 Å². The Morgan fingerprint density at radius 3 is 1.85 bits per heavy atom. The van der Waals surface area contributed by atoms with E-state index in [1.807, 2.05) is 6.07 Å². The third kappa shape index (κ3) is 7.07. The minimum atomic E-state index is -0.319. The van der Waals surface area contributed by atoms with Gasteiger partial charge in [0.2, 0.25) is 0 Å².